The summed E-state index contributed by atoms with van der Waals surface area (Å²) in [5, 5.41) is 6.72. The highest BCUT2D eigenvalue weighted by Crippen LogP contribution is 2.32. The summed E-state index contributed by atoms with van der Waals surface area (Å²) in [6.45, 7) is -0.285. The van der Waals surface area contributed by atoms with Crippen LogP contribution in [0.3, 0.4) is 0 Å². The SMILES string of the molecule is O=C(C=Cc1cn(-c2ccccc2)nc1-c1cccs1)OCC(=O)c1ccc(C2CCCCC2)cc1. The number of thiophene rings is 1. The zero-order chi connectivity index (χ0) is 24.7. The van der Waals surface area contributed by atoms with E-state index in [0.717, 1.165) is 21.8 Å². The van der Waals surface area contributed by atoms with Crippen molar-refractivity contribution in [3.63, 3.8) is 0 Å². The molecule has 2 aromatic heterocycles. The largest absolute Gasteiger partial charge is 0.454 e. The minimum Gasteiger partial charge on any atom is -0.454 e. The van der Waals surface area contributed by atoms with Gasteiger partial charge in [0.2, 0.25) is 0 Å². The summed E-state index contributed by atoms with van der Waals surface area (Å²) in [4.78, 5) is 26.0. The number of benzene rings is 2. The Kier molecular flexibility index (Phi) is 7.52. The van der Waals surface area contributed by atoms with Crippen LogP contribution in [0.2, 0.25) is 0 Å². The molecule has 0 saturated heterocycles. The number of nitrogens with zero attached hydrogens (tertiary/aromatic N) is 2. The molecule has 36 heavy (non-hydrogen) atoms. The van der Waals surface area contributed by atoms with E-state index in [4.69, 9.17) is 9.84 Å². The number of ketones is 1. The van der Waals surface area contributed by atoms with Crippen molar-refractivity contribution in [2.24, 2.45) is 0 Å². The topological polar surface area (TPSA) is 61.2 Å². The molecule has 0 N–H and O–H groups in total. The fourth-order valence-electron chi connectivity index (χ4n) is 4.63. The molecule has 0 atom stereocenters. The molecular formula is C30H28N2O3S. The first-order valence-corrected chi connectivity index (χ1v) is 13.2. The minimum atomic E-state index is -0.563. The Morgan fingerprint density at radius 1 is 0.972 bits per heavy atom. The summed E-state index contributed by atoms with van der Waals surface area (Å²) in [6.07, 6.45) is 11.2. The van der Waals surface area contributed by atoms with Gasteiger partial charge < -0.3 is 4.74 Å². The molecule has 2 heterocycles. The quantitative estimate of drug-likeness (QED) is 0.148. The first-order chi connectivity index (χ1) is 17.7. The Balaban J connectivity index is 1.22. The fourth-order valence-corrected chi connectivity index (χ4v) is 5.36. The maximum absolute atomic E-state index is 12.6. The van der Waals surface area contributed by atoms with Gasteiger partial charge in [0.05, 0.1) is 10.6 Å². The van der Waals surface area contributed by atoms with Gasteiger partial charge in [0.15, 0.2) is 12.4 Å². The Morgan fingerprint density at radius 2 is 1.75 bits per heavy atom. The van der Waals surface area contributed by atoms with E-state index >= 15 is 0 Å². The number of hydrogen-bond acceptors (Lipinski definition) is 5. The van der Waals surface area contributed by atoms with Crippen LogP contribution in [-0.4, -0.2) is 28.1 Å². The monoisotopic (exact) mass is 496 g/mol. The summed E-state index contributed by atoms with van der Waals surface area (Å²) in [7, 11) is 0. The molecule has 0 aliphatic heterocycles. The number of Topliss-reactive ketones (excluding diaryl/α,β-unsaturated/α-hetero) is 1. The van der Waals surface area contributed by atoms with Crippen LogP contribution in [0.5, 0.6) is 0 Å². The van der Waals surface area contributed by atoms with Gasteiger partial charge in [-0.2, -0.15) is 5.10 Å². The molecule has 1 aliphatic carbocycles. The molecule has 0 unspecified atom stereocenters. The lowest BCUT2D eigenvalue weighted by Crippen LogP contribution is -2.13. The first-order valence-electron chi connectivity index (χ1n) is 12.3. The van der Waals surface area contributed by atoms with Crippen molar-refractivity contribution in [3.05, 3.63) is 101 Å². The molecular weight excluding hydrogens is 468 g/mol. The van der Waals surface area contributed by atoms with Gasteiger partial charge in [-0.05, 0) is 54.0 Å². The van der Waals surface area contributed by atoms with Crippen molar-refractivity contribution in [2.45, 2.75) is 38.0 Å². The van der Waals surface area contributed by atoms with Crippen LogP contribution in [0.4, 0.5) is 0 Å². The molecule has 6 heteroatoms. The average molecular weight is 497 g/mol. The van der Waals surface area contributed by atoms with E-state index in [0.29, 0.717) is 11.5 Å². The highest BCUT2D eigenvalue weighted by molar-refractivity contribution is 7.13. The Bertz CT molecular complexity index is 1330. The molecule has 2 aromatic carbocycles. The average Bonchev–Trinajstić information content (AvgIpc) is 3.62. The van der Waals surface area contributed by atoms with Crippen LogP contribution >= 0.6 is 11.3 Å². The van der Waals surface area contributed by atoms with Gasteiger partial charge >= 0.3 is 5.97 Å². The molecule has 5 rings (SSSR count). The lowest BCUT2D eigenvalue weighted by atomic mass is 9.84. The first kappa shape index (κ1) is 23.9. The molecule has 1 aliphatic rings. The summed E-state index contributed by atoms with van der Waals surface area (Å²) in [5.74, 6) is -0.175. The number of para-hydroxylation sites is 1. The number of carbonyl (C=O) groups is 2. The third-order valence-corrected chi connectivity index (χ3v) is 7.45. The number of aromatic nitrogens is 2. The number of esters is 1. The van der Waals surface area contributed by atoms with Gasteiger partial charge in [-0.1, -0.05) is 67.8 Å². The maximum atomic E-state index is 12.6. The lowest BCUT2D eigenvalue weighted by Gasteiger charge is -2.22. The summed E-state index contributed by atoms with van der Waals surface area (Å²) in [5.41, 5.74) is 4.37. The molecule has 0 radical (unpaired) electrons. The third kappa shape index (κ3) is 5.71. The van der Waals surface area contributed by atoms with E-state index in [-0.39, 0.29) is 12.4 Å². The Hall–Kier alpha value is -3.77. The van der Waals surface area contributed by atoms with E-state index in [1.165, 1.54) is 43.7 Å². The third-order valence-electron chi connectivity index (χ3n) is 6.57. The summed E-state index contributed by atoms with van der Waals surface area (Å²) < 4.78 is 7.04. The van der Waals surface area contributed by atoms with Crippen LogP contribution in [0.15, 0.2) is 84.4 Å². The minimum absolute atomic E-state index is 0.205. The highest BCUT2D eigenvalue weighted by atomic mass is 32.1. The fraction of sp³-hybridized carbons (Fsp3) is 0.233. The van der Waals surface area contributed by atoms with Crippen molar-refractivity contribution < 1.29 is 14.3 Å². The molecule has 1 fully saturated rings. The Labute approximate surface area is 215 Å². The highest BCUT2D eigenvalue weighted by Gasteiger charge is 2.16. The van der Waals surface area contributed by atoms with Crippen LogP contribution in [-0.2, 0) is 9.53 Å². The van der Waals surface area contributed by atoms with Crippen molar-refractivity contribution in [1.29, 1.82) is 0 Å². The molecule has 4 aromatic rings. The molecule has 0 amide bonds. The van der Waals surface area contributed by atoms with Gasteiger partial charge in [-0.15, -0.1) is 11.3 Å². The predicted octanol–water partition coefficient (Wildman–Crippen LogP) is 7.09. The molecule has 5 nitrogen and oxygen atoms in total. The van der Waals surface area contributed by atoms with E-state index < -0.39 is 5.97 Å². The van der Waals surface area contributed by atoms with Crippen LogP contribution < -0.4 is 0 Å². The summed E-state index contributed by atoms with van der Waals surface area (Å²) >= 11 is 1.58. The van der Waals surface area contributed by atoms with Gasteiger partial charge in [-0.3, -0.25) is 4.79 Å². The van der Waals surface area contributed by atoms with Crippen molar-refractivity contribution in [2.75, 3.05) is 6.61 Å². The van der Waals surface area contributed by atoms with Gasteiger partial charge in [0, 0.05) is 23.4 Å². The van der Waals surface area contributed by atoms with E-state index in [9.17, 15) is 9.59 Å². The van der Waals surface area contributed by atoms with E-state index in [1.54, 1.807) is 22.1 Å². The molecule has 0 spiro atoms. The van der Waals surface area contributed by atoms with E-state index in [1.807, 2.05) is 78.3 Å². The standard InChI is InChI=1S/C30H28N2O3S/c33-27(24-15-13-23(14-16-24)22-8-3-1-4-9-22)21-35-29(34)18-17-25-20-32(26-10-5-2-6-11-26)31-30(25)28-12-7-19-36-28/h2,5-7,10-20,22H,1,3-4,8-9,21H2. The molecule has 182 valence electrons. The zero-order valence-corrected chi connectivity index (χ0v) is 20.8. The maximum Gasteiger partial charge on any atom is 0.331 e. The number of carbonyl (C=O) groups excluding carboxylic acids is 2. The Morgan fingerprint density at radius 3 is 2.47 bits per heavy atom. The van der Waals surface area contributed by atoms with Gasteiger partial charge in [0.25, 0.3) is 0 Å². The lowest BCUT2D eigenvalue weighted by molar-refractivity contribution is -0.136. The van der Waals surface area contributed by atoms with Crippen LogP contribution in [0.25, 0.3) is 22.3 Å². The van der Waals surface area contributed by atoms with Crippen molar-refractivity contribution in [1.82, 2.24) is 9.78 Å². The van der Waals surface area contributed by atoms with Gasteiger partial charge in [-0.25, -0.2) is 9.48 Å². The molecule has 0 bridgehead atoms. The zero-order valence-electron chi connectivity index (χ0n) is 20.0. The second-order valence-corrected chi connectivity index (χ2v) is 9.96. The molecule has 1 saturated carbocycles. The van der Waals surface area contributed by atoms with Crippen LogP contribution in [0.1, 0.15) is 59.5 Å². The van der Waals surface area contributed by atoms with Crippen molar-refractivity contribution >= 4 is 29.2 Å². The smallest absolute Gasteiger partial charge is 0.331 e. The van der Waals surface area contributed by atoms with Crippen molar-refractivity contribution in [3.8, 4) is 16.3 Å². The van der Waals surface area contributed by atoms with Crippen LogP contribution in [0, 0.1) is 0 Å². The van der Waals surface area contributed by atoms with Gasteiger partial charge in [0.1, 0.15) is 5.69 Å². The summed E-state index contributed by atoms with van der Waals surface area (Å²) in [6, 6.07) is 21.6. The second-order valence-electron chi connectivity index (χ2n) is 9.01. The second kappa shape index (κ2) is 11.3. The number of rotatable bonds is 8. The predicted molar refractivity (Wildman–Crippen MR) is 143 cm³/mol. The normalized spacial score (nSPS) is 14.2. The number of hydrogen-bond donors (Lipinski definition) is 0. The number of ether oxygens (including phenoxy) is 1. The van der Waals surface area contributed by atoms with E-state index in [2.05, 4.69) is 0 Å².